The molecule has 0 amide bonds. The SMILES string of the molecule is CCCC(C)(C)N(C(C)CC(C)N(C)C(C)C)C(C)(C)C. The third kappa shape index (κ3) is 6.28. The lowest BCUT2D eigenvalue weighted by molar-refractivity contribution is -0.0246. The largest absolute Gasteiger partial charge is 0.301 e. The van der Waals surface area contributed by atoms with Crippen LogP contribution in [0, 0.1) is 0 Å². The van der Waals surface area contributed by atoms with E-state index >= 15 is 0 Å². The van der Waals surface area contributed by atoms with Gasteiger partial charge in [-0.25, -0.2) is 0 Å². The molecule has 0 saturated heterocycles. The van der Waals surface area contributed by atoms with Crippen LogP contribution in [0.1, 0.15) is 88.5 Å². The summed E-state index contributed by atoms with van der Waals surface area (Å²) in [6.07, 6.45) is 3.72. The van der Waals surface area contributed by atoms with Crippen LogP contribution < -0.4 is 0 Å². The Balaban J connectivity index is 5.11. The number of hydrogen-bond donors (Lipinski definition) is 0. The third-order valence-corrected chi connectivity index (χ3v) is 4.87. The van der Waals surface area contributed by atoms with Gasteiger partial charge in [0, 0.05) is 29.2 Å². The van der Waals surface area contributed by atoms with Crippen molar-refractivity contribution in [3.8, 4) is 0 Å². The van der Waals surface area contributed by atoms with Gasteiger partial charge >= 0.3 is 0 Å². The van der Waals surface area contributed by atoms with E-state index in [1.807, 2.05) is 0 Å². The molecule has 0 saturated carbocycles. The van der Waals surface area contributed by atoms with Crippen molar-refractivity contribution < 1.29 is 0 Å². The molecule has 0 spiro atoms. The molecule has 128 valence electrons. The first-order valence-corrected chi connectivity index (χ1v) is 8.86. The summed E-state index contributed by atoms with van der Waals surface area (Å²) in [4.78, 5) is 5.23. The minimum atomic E-state index is 0.203. The minimum Gasteiger partial charge on any atom is -0.301 e. The smallest absolute Gasteiger partial charge is 0.0161 e. The van der Waals surface area contributed by atoms with Gasteiger partial charge in [-0.05, 0) is 82.2 Å². The van der Waals surface area contributed by atoms with E-state index in [-0.39, 0.29) is 11.1 Å². The fraction of sp³-hybridized carbons (Fsp3) is 1.00. The Morgan fingerprint density at radius 2 is 1.33 bits per heavy atom. The van der Waals surface area contributed by atoms with Gasteiger partial charge in [-0.3, -0.25) is 4.90 Å². The van der Waals surface area contributed by atoms with E-state index in [4.69, 9.17) is 0 Å². The van der Waals surface area contributed by atoms with Crippen LogP contribution in [0.5, 0.6) is 0 Å². The second kappa shape index (κ2) is 7.97. The second-order valence-electron chi connectivity index (χ2n) is 8.80. The first-order valence-electron chi connectivity index (χ1n) is 8.86. The maximum Gasteiger partial charge on any atom is 0.0161 e. The molecule has 0 aliphatic heterocycles. The number of rotatable bonds is 8. The standard InChI is InChI=1S/C19H42N2/c1-12-13-19(9,10)21(18(6,7)8)17(5)14-16(4)20(11)15(2)3/h15-17H,12-14H2,1-11H3. The van der Waals surface area contributed by atoms with Gasteiger partial charge in [0.15, 0.2) is 0 Å². The van der Waals surface area contributed by atoms with Crippen molar-refractivity contribution in [3.63, 3.8) is 0 Å². The Hall–Kier alpha value is -0.0800. The van der Waals surface area contributed by atoms with Gasteiger partial charge in [-0.15, -0.1) is 0 Å². The highest BCUT2D eigenvalue weighted by Crippen LogP contribution is 2.33. The summed E-state index contributed by atoms with van der Waals surface area (Å²) in [5.74, 6) is 0. The van der Waals surface area contributed by atoms with Gasteiger partial charge < -0.3 is 4.90 Å². The summed E-state index contributed by atoms with van der Waals surface area (Å²) in [5.41, 5.74) is 0.455. The van der Waals surface area contributed by atoms with Crippen LogP contribution in [0.3, 0.4) is 0 Å². The molecule has 2 nitrogen and oxygen atoms in total. The van der Waals surface area contributed by atoms with Gasteiger partial charge in [-0.1, -0.05) is 13.3 Å². The molecule has 2 atom stereocenters. The summed E-state index contributed by atoms with van der Waals surface area (Å²) in [6, 6.07) is 1.81. The minimum absolute atomic E-state index is 0.203. The van der Waals surface area contributed by atoms with Gasteiger partial charge in [0.25, 0.3) is 0 Å². The quantitative estimate of drug-likeness (QED) is 0.609. The van der Waals surface area contributed by atoms with Crippen molar-refractivity contribution in [2.45, 2.75) is 118 Å². The molecule has 0 aromatic rings. The second-order valence-corrected chi connectivity index (χ2v) is 8.80. The van der Waals surface area contributed by atoms with E-state index in [1.165, 1.54) is 19.3 Å². The average molecular weight is 299 g/mol. The summed E-state index contributed by atoms with van der Waals surface area (Å²) in [6.45, 7) is 23.5. The van der Waals surface area contributed by atoms with Crippen molar-refractivity contribution in [2.75, 3.05) is 7.05 Å². The van der Waals surface area contributed by atoms with E-state index in [1.54, 1.807) is 0 Å². The number of hydrogen-bond acceptors (Lipinski definition) is 2. The highest BCUT2D eigenvalue weighted by Gasteiger charge is 2.38. The highest BCUT2D eigenvalue weighted by molar-refractivity contribution is 4.94. The van der Waals surface area contributed by atoms with Crippen molar-refractivity contribution >= 4 is 0 Å². The molecule has 2 unspecified atom stereocenters. The van der Waals surface area contributed by atoms with E-state index in [2.05, 4.69) is 86.1 Å². The topological polar surface area (TPSA) is 6.48 Å². The molecule has 21 heavy (non-hydrogen) atoms. The average Bonchev–Trinajstić information content (AvgIpc) is 2.24. The molecule has 0 aliphatic rings. The van der Waals surface area contributed by atoms with E-state index < -0.39 is 0 Å². The van der Waals surface area contributed by atoms with Crippen LogP contribution in [0.4, 0.5) is 0 Å². The number of nitrogens with zero attached hydrogens (tertiary/aromatic N) is 2. The van der Waals surface area contributed by atoms with E-state index in [9.17, 15) is 0 Å². The first-order chi connectivity index (χ1) is 9.34. The molecule has 0 bridgehead atoms. The zero-order valence-corrected chi connectivity index (χ0v) is 16.7. The molecule has 0 fully saturated rings. The molecular formula is C19H42N2. The lowest BCUT2D eigenvalue weighted by Gasteiger charge is -2.52. The summed E-state index contributed by atoms with van der Waals surface area (Å²) >= 11 is 0. The maximum atomic E-state index is 2.74. The first kappa shape index (κ1) is 20.9. The molecule has 0 N–H and O–H groups in total. The lowest BCUT2D eigenvalue weighted by atomic mass is 9.87. The molecule has 0 aliphatic carbocycles. The van der Waals surface area contributed by atoms with Crippen molar-refractivity contribution in [1.82, 2.24) is 9.80 Å². The monoisotopic (exact) mass is 298 g/mol. The van der Waals surface area contributed by atoms with Crippen LogP contribution in [0.2, 0.25) is 0 Å². The van der Waals surface area contributed by atoms with Crippen LogP contribution in [0.25, 0.3) is 0 Å². The van der Waals surface area contributed by atoms with E-state index in [0.29, 0.717) is 18.1 Å². The van der Waals surface area contributed by atoms with Gasteiger partial charge in [0.1, 0.15) is 0 Å². The fourth-order valence-electron chi connectivity index (χ4n) is 4.17. The summed E-state index contributed by atoms with van der Waals surface area (Å²) in [5, 5.41) is 0. The predicted molar refractivity (Wildman–Crippen MR) is 97.0 cm³/mol. The zero-order valence-electron chi connectivity index (χ0n) is 16.7. The molecule has 2 heteroatoms. The fourth-order valence-corrected chi connectivity index (χ4v) is 4.17. The van der Waals surface area contributed by atoms with Gasteiger partial charge in [0.05, 0.1) is 0 Å². The Kier molecular flexibility index (Phi) is 7.94. The maximum absolute atomic E-state index is 2.74. The van der Waals surface area contributed by atoms with Crippen molar-refractivity contribution in [1.29, 1.82) is 0 Å². The van der Waals surface area contributed by atoms with Crippen molar-refractivity contribution in [2.24, 2.45) is 0 Å². The Morgan fingerprint density at radius 3 is 1.67 bits per heavy atom. The summed E-state index contributed by atoms with van der Waals surface area (Å²) < 4.78 is 0. The van der Waals surface area contributed by atoms with E-state index in [0.717, 1.165) is 0 Å². The van der Waals surface area contributed by atoms with Gasteiger partial charge in [-0.2, -0.15) is 0 Å². The normalized spacial score (nSPS) is 16.9. The predicted octanol–water partition coefficient (Wildman–Crippen LogP) is 5.17. The van der Waals surface area contributed by atoms with Crippen LogP contribution in [0.15, 0.2) is 0 Å². The summed E-state index contributed by atoms with van der Waals surface area (Å²) in [7, 11) is 2.25. The molecule has 0 radical (unpaired) electrons. The lowest BCUT2D eigenvalue weighted by Crippen LogP contribution is -2.59. The van der Waals surface area contributed by atoms with Crippen LogP contribution >= 0.6 is 0 Å². The van der Waals surface area contributed by atoms with Crippen LogP contribution in [-0.4, -0.2) is 46.1 Å². The Bertz CT molecular complexity index is 288. The van der Waals surface area contributed by atoms with Crippen molar-refractivity contribution in [3.05, 3.63) is 0 Å². The third-order valence-electron chi connectivity index (χ3n) is 4.87. The molecular weight excluding hydrogens is 256 g/mol. The van der Waals surface area contributed by atoms with Gasteiger partial charge in [0.2, 0.25) is 0 Å². The molecule has 0 aromatic carbocycles. The molecule has 0 rings (SSSR count). The Labute approximate surface area is 135 Å². The molecule has 0 heterocycles. The Morgan fingerprint density at radius 1 is 0.857 bits per heavy atom. The zero-order chi connectivity index (χ0) is 17.0. The molecule has 0 aromatic heterocycles. The van der Waals surface area contributed by atoms with Crippen LogP contribution in [-0.2, 0) is 0 Å². The highest BCUT2D eigenvalue weighted by atomic mass is 15.3.